The predicted molar refractivity (Wildman–Crippen MR) is 58.4 cm³/mol. The van der Waals surface area contributed by atoms with Crippen LogP contribution in [-0.2, 0) is 16.0 Å². The van der Waals surface area contributed by atoms with Crippen molar-refractivity contribution in [1.29, 1.82) is 0 Å². The van der Waals surface area contributed by atoms with Gasteiger partial charge in [0.2, 0.25) is 12.2 Å². The van der Waals surface area contributed by atoms with Crippen LogP contribution < -0.4 is 5.32 Å². The van der Waals surface area contributed by atoms with Crippen molar-refractivity contribution in [3.8, 4) is 0 Å². The largest absolute Gasteiger partial charge is 0.346 e. The first-order valence-electron chi connectivity index (χ1n) is 4.64. The molecule has 0 unspecified atom stereocenters. The molecule has 0 aliphatic carbocycles. The van der Waals surface area contributed by atoms with Crippen LogP contribution in [0, 0.1) is 5.82 Å². The Bertz CT molecular complexity index is 389. The van der Waals surface area contributed by atoms with Crippen LogP contribution in [-0.4, -0.2) is 18.2 Å². The van der Waals surface area contributed by atoms with E-state index in [4.69, 9.17) is 11.6 Å². The molecule has 0 bridgehead atoms. The van der Waals surface area contributed by atoms with Crippen LogP contribution >= 0.6 is 11.6 Å². The van der Waals surface area contributed by atoms with E-state index in [9.17, 15) is 14.0 Å². The topological polar surface area (TPSA) is 46.2 Å². The number of carbonyl (C=O) groups is 1. The molecular weight excluding hydrogens is 233 g/mol. The van der Waals surface area contributed by atoms with E-state index in [2.05, 4.69) is 5.32 Å². The molecule has 1 N–H and O–H groups in total. The van der Waals surface area contributed by atoms with Crippen LogP contribution in [0.4, 0.5) is 4.39 Å². The van der Waals surface area contributed by atoms with E-state index in [1.54, 1.807) is 6.29 Å². The molecule has 3 nitrogen and oxygen atoms in total. The van der Waals surface area contributed by atoms with E-state index >= 15 is 0 Å². The summed E-state index contributed by atoms with van der Waals surface area (Å²) in [5.74, 6) is -1.01. The van der Waals surface area contributed by atoms with Crippen molar-refractivity contribution in [3.05, 3.63) is 34.6 Å². The molecule has 1 rings (SSSR count). The number of nitrogens with one attached hydrogen (secondary N) is 1. The Labute approximate surface area is 97.6 Å². The third-order valence-electron chi connectivity index (χ3n) is 1.95. The maximum absolute atomic E-state index is 13.3. The first kappa shape index (κ1) is 12.6. The molecular formula is C11H10ClFNO2. The zero-order valence-electron chi connectivity index (χ0n) is 8.59. The maximum atomic E-state index is 13.3. The number of amides is 1. The van der Waals surface area contributed by atoms with Crippen LogP contribution in [0.2, 0.25) is 5.02 Å². The Morgan fingerprint density at radius 1 is 1.62 bits per heavy atom. The summed E-state index contributed by atoms with van der Waals surface area (Å²) in [6, 6.07) is 3.48. The Morgan fingerprint density at radius 2 is 2.31 bits per heavy atom. The summed E-state index contributed by atoms with van der Waals surface area (Å²) in [5.41, 5.74) is 0.125. The molecule has 0 spiro atoms. The average molecular weight is 243 g/mol. The molecule has 16 heavy (non-hydrogen) atoms. The van der Waals surface area contributed by atoms with E-state index < -0.39 is 17.8 Å². The Morgan fingerprint density at radius 3 is 2.88 bits per heavy atom. The fourth-order valence-corrected chi connectivity index (χ4v) is 1.41. The quantitative estimate of drug-likeness (QED) is 0.873. The molecule has 0 aromatic heterocycles. The number of benzene rings is 1. The Hall–Kier alpha value is -1.42. The van der Waals surface area contributed by atoms with Gasteiger partial charge in [0.1, 0.15) is 5.82 Å². The van der Waals surface area contributed by atoms with Gasteiger partial charge in [0.15, 0.2) is 0 Å². The van der Waals surface area contributed by atoms with Crippen molar-refractivity contribution < 1.29 is 14.0 Å². The summed E-state index contributed by atoms with van der Waals surface area (Å²) in [7, 11) is 0. The SMILES string of the molecule is C[C@@H]([C]=O)NC(=O)Cc1c(F)cccc1Cl. The molecule has 5 heteroatoms. The second-order valence-corrected chi connectivity index (χ2v) is 3.69. The molecule has 1 radical (unpaired) electrons. The monoisotopic (exact) mass is 242 g/mol. The van der Waals surface area contributed by atoms with Crippen molar-refractivity contribution in [1.82, 2.24) is 5.32 Å². The van der Waals surface area contributed by atoms with Gasteiger partial charge in [0.25, 0.3) is 0 Å². The molecule has 85 valence electrons. The summed E-state index contributed by atoms with van der Waals surface area (Å²) in [6.07, 6.45) is 1.41. The smallest absolute Gasteiger partial charge is 0.225 e. The van der Waals surface area contributed by atoms with Gasteiger partial charge < -0.3 is 5.32 Å². The first-order valence-corrected chi connectivity index (χ1v) is 5.02. The summed E-state index contributed by atoms with van der Waals surface area (Å²) < 4.78 is 13.3. The first-order chi connectivity index (χ1) is 7.54. The van der Waals surface area contributed by atoms with Gasteiger partial charge in [0.05, 0.1) is 12.5 Å². The van der Waals surface area contributed by atoms with E-state index in [1.165, 1.54) is 25.1 Å². The zero-order valence-corrected chi connectivity index (χ0v) is 9.34. The third kappa shape index (κ3) is 3.31. The second-order valence-electron chi connectivity index (χ2n) is 3.28. The van der Waals surface area contributed by atoms with Gasteiger partial charge in [-0.15, -0.1) is 0 Å². The lowest BCUT2D eigenvalue weighted by atomic mass is 10.1. The van der Waals surface area contributed by atoms with Crippen LogP contribution in [0.1, 0.15) is 12.5 Å². The summed E-state index contributed by atoms with van der Waals surface area (Å²) in [4.78, 5) is 21.6. The van der Waals surface area contributed by atoms with Gasteiger partial charge in [-0.25, -0.2) is 4.39 Å². The van der Waals surface area contributed by atoms with Crippen LogP contribution in [0.15, 0.2) is 18.2 Å². The standard InChI is InChI=1S/C11H10ClFNO2/c1-7(6-15)14-11(16)5-8-9(12)3-2-4-10(8)13/h2-4,7H,5H2,1H3,(H,14,16)/t7-/m0/s1. The van der Waals surface area contributed by atoms with Crippen molar-refractivity contribution in [2.75, 3.05) is 0 Å². The fraction of sp³-hybridized carbons (Fsp3) is 0.273. The highest BCUT2D eigenvalue weighted by Gasteiger charge is 2.13. The van der Waals surface area contributed by atoms with Crippen molar-refractivity contribution >= 4 is 23.8 Å². The fourth-order valence-electron chi connectivity index (χ4n) is 1.18. The van der Waals surface area contributed by atoms with E-state index in [0.29, 0.717) is 0 Å². The molecule has 0 fully saturated rings. The van der Waals surface area contributed by atoms with Gasteiger partial charge in [0, 0.05) is 10.6 Å². The summed E-state index contributed by atoms with van der Waals surface area (Å²) >= 11 is 5.75. The highest BCUT2D eigenvalue weighted by molar-refractivity contribution is 6.31. The van der Waals surface area contributed by atoms with E-state index in [0.717, 1.165) is 0 Å². The minimum atomic E-state index is -0.710. The van der Waals surface area contributed by atoms with Crippen molar-refractivity contribution in [2.24, 2.45) is 0 Å². The maximum Gasteiger partial charge on any atom is 0.225 e. The van der Waals surface area contributed by atoms with Gasteiger partial charge in [-0.2, -0.15) is 0 Å². The molecule has 0 heterocycles. The second kappa shape index (κ2) is 5.61. The third-order valence-corrected chi connectivity index (χ3v) is 2.31. The summed E-state index contributed by atoms with van der Waals surface area (Å²) in [6.45, 7) is 1.48. The van der Waals surface area contributed by atoms with Gasteiger partial charge >= 0.3 is 0 Å². The normalized spacial score (nSPS) is 11.9. The molecule has 0 aliphatic heterocycles. The van der Waals surface area contributed by atoms with Gasteiger partial charge in [-0.1, -0.05) is 17.7 Å². The molecule has 0 aliphatic rings. The van der Waals surface area contributed by atoms with Crippen LogP contribution in [0.3, 0.4) is 0 Å². The lowest BCUT2D eigenvalue weighted by Crippen LogP contribution is -2.34. The number of rotatable bonds is 4. The number of hydrogen-bond acceptors (Lipinski definition) is 2. The minimum Gasteiger partial charge on any atom is -0.346 e. The van der Waals surface area contributed by atoms with Crippen molar-refractivity contribution in [2.45, 2.75) is 19.4 Å². The molecule has 0 saturated carbocycles. The lowest BCUT2D eigenvalue weighted by molar-refractivity contribution is -0.120. The molecule has 1 amide bonds. The molecule has 1 atom stereocenters. The zero-order chi connectivity index (χ0) is 12.1. The van der Waals surface area contributed by atoms with E-state index in [1.807, 2.05) is 0 Å². The molecule has 1 aromatic carbocycles. The average Bonchev–Trinajstić information content (AvgIpc) is 2.23. The Balaban J connectivity index is 2.73. The van der Waals surface area contributed by atoms with Crippen molar-refractivity contribution in [3.63, 3.8) is 0 Å². The molecule has 0 saturated heterocycles. The van der Waals surface area contributed by atoms with Crippen LogP contribution in [0.25, 0.3) is 0 Å². The van der Waals surface area contributed by atoms with Gasteiger partial charge in [-0.3, -0.25) is 9.59 Å². The number of hydrogen-bond donors (Lipinski definition) is 1. The number of carbonyl (C=O) groups excluding carboxylic acids is 2. The lowest BCUT2D eigenvalue weighted by Gasteiger charge is -2.08. The highest BCUT2D eigenvalue weighted by Crippen LogP contribution is 2.19. The van der Waals surface area contributed by atoms with Gasteiger partial charge in [-0.05, 0) is 19.1 Å². The Kier molecular flexibility index (Phi) is 4.43. The minimum absolute atomic E-state index is 0.125. The highest BCUT2D eigenvalue weighted by atomic mass is 35.5. The summed E-state index contributed by atoms with van der Waals surface area (Å²) in [5, 5.41) is 2.54. The molecule has 1 aromatic rings. The van der Waals surface area contributed by atoms with E-state index in [-0.39, 0.29) is 17.0 Å². The van der Waals surface area contributed by atoms with Crippen LogP contribution in [0.5, 0.6) is 0 Å². The number of halogens is 2. The predicted octanol–water partition coefficient (Wildman–Crippen LogP) is 1.64.